The molecule has 2 unspecified atom stereocenters. The first-order valence-corrected chi connectivity index (χ1v) is 13.0. The van der Waals surface area contributed by atoms with E-state index in [1.165, 1.54) is 6.07 Å². The van der Waals surface area contributed by atoms with Crippen molar-refractivity contribution in [3.63, 3.8) is 0 Å². The van der Waals surface area contributed by atoms with E-state index in [9.17, 15) is 9.18 Å². The predicted octanol–water partition coefficient (Wildman–Crippen LogP) is 6.72. The van der Waals surface area contributed by atoms with Gasteiger partial charge in [-0.15, -0.1) is 0 Å². The summed E-state index contributed by atoms with van der Waals surface area (Å²) in [6, 6.07) is 13.1. The van der Waals surface area contributed by atoms with Crippen LogP contribution < -0.4 is 5.32 Å². The van der Waals surface area contributed by atoms with Gasteiger partial charge in [0.1, 0.15) is 17.3 Å². The Bertz CT molecular complexity index is 1250. The van der Waals surface area contributed by atoms with Crippen molar-refractivity contribution in [1.82, 2.24) is 10.1 Å². The van der Waals surface area contributed by atoms with Crippen LogP contribution in [0.3, 0.4) is 0 Å². The molecular formula is C29H32FN3O3. The van der Waals surface area contributed by atoms with Gasteiger partial charge in [-0.05, 0) is 69.6 Å². The molecule has 1 saturated carbocycles. The van der Waals surface area contributed by atoms with Crippen LogP contribution in [0.1, 0.15) is 66.9 Å². The van der Waals surface area contributed by atoms with Crippen molar-refractivity contribution in [2.45, 2.75) is 83.1 Å². The second kappa shape index (κ2) is 9.36. The third-order valence-corrected chi connectivity index (χ3v) is 8.01. The molecule has 3 aromatic rings. The Labute approximate surface area is 210 Å². The molecule has 3 fully saturated rings. The lowest BCUT2D eigenvalue weighted by Crippen LogP contribution is -2.50. The molecule has 2 bridgehead atoms. The van der Waals surface area contributed by atoms with Crippen molar-refractivity contribution < 1.29 is 18.4 Å². The van der Waals surface area contributed by atoms with Gasteiger partial charge in [0.05, 0.1) is 18.4 Å². The van der Waals surface area contributed by atoms with E-state index in [0.717, 1.165) is 72.2 Å². The molecule has 36 heavy (non-hydrogen) atoms. The Morgan fingerprint density at radius 1 is 1.06 bits per heavy atom. The van der Waals surface area contributed by atoms with Gasteiger partial charge in [0.25, 0.3) is 0 Å². The number of hydrogen-bond donors (Lipinski definition) is 1. The van der Waals surface area contributed by atoms with Gasteiger partial charge in [0, 0.05) is 29.1 Å². The normalized spacial score (nSPS) is 23.2. The highest BCUT2D eigenvalue weighted by atomic mass is 19.1. The lowest BCUT2D eigenvalue weighted by molar-refractivity contribution is -0.0158. The van der Waals surface area contributed by atoms with E-state index in [-0.39, 0.29) is 29.9 Å². The second-order valence-corrected chi connectivity index (χ2v) is 10.5. The number of carbonyl (C=O) groups is 1. The number of ether oxygens (including phenoxy) is 1. The number of nitrogens with one attached hydrogen (secondary N) is 1. The molecule has 2 atom stereocenters. The van der Waals surface area contributed by atoms with Crippen molar-refractivity contribution in [2.24, 2.45) is 0 Å². The van der Waals surface area contributed by atoms with E-state index >= 15 is 0 Å². The lowest BCUT2D eigenvalue weighted by Gasteiger charge is -2.38. The maximum Gasteiger partial charge on any atom is 0.322 e. The molecule has 6 nitrogen and oxygen atoms in total. The van der Waals surface area contributed by atoms with Crippen LogP contribution in [-0.2, 0) is 11.3 Å². The van der Waals surface area contributed by atoms with Crippen LogP contribution in [0.2, 0.25) is 0 Å². The van der Waals surface area contributed by atoms with Gasteiger partial charge in [-0.3, -0.25) is 0 Å². The molecule has 0 spiro atoms. The summed E-state index contributed by atoms with van der Waals surface area (Å²) in [5.74, 6) is 1.00. The van der Waals surface area contributed by atoms with Crippen LogP contribution in [0.5, 0.6) is 0 Å². The van der Waals surface area contributed by atoms with Crippen LogP contribution >= 0.6 is 0 Å². The van der Waals surface area contributed by atoms with Gasteiger partial charge in [0.15, 0.2) is 0 Å². The molecule has 1 N–H and O–H groups in total. The van der Waals surface area contributed by atoms with Crippen molar-refractivity contribution in [1.29, 1.82) is 0 Å². The van der Waals surface area contributed by atoms with Gasteiger partial charge in [0.2, 0.25) is 0 Å². The summed E-state index contributed by atoms with van der Waals surface area (Å²) in [5.41, 5.74) is 5.19. The molecule has 1 aliphatic carbocycles. The topological polar surface area (TPSA) is 67.6 Å². The van der Waals surface area contributed by atoms with Crippen LogP contribution in [0.4, 0.5) is 14.9 Å². The molecule has 2 aliphatic heterocycles. The van der Waals surface area contributed by atoms with Gasteiger partial charge in [-0.2, -0.15) is 0 Å². The standard InChI is InChI=1S/C29H32FN3O3/c1-17-6-3-4-8-23(17)27-24(28(36-32-27)19-10-11-19)16-35-22-14-20-12-13-21(15-22)33(20)29(34)31-26-18(2)7-5-9-25(26)30/h3-9,19-22H,10-16H2,1-2H3,(H,31,34). The predicted molar refractivity (Wildman–Crippen MR) is 135 cm³/mol. The Morgan fingerprint density at radius 2 is 1.78 bits per heavy atom. The molecule has 3 heterocycles. The maximum atomic E-state index is 14.3. The SMILES string of the molecule is Cc1ccccc1-c1noc(C2CC2)c1COC1CC2CCC(C1)N2C(=O)Nc1c(C)cccc1F. The number of fused-ring (bicyclic) bond motifs is 2. The van der Waals surface area contributed by atoms with Crippen molar-refractivity contribution in [2.75, 3.05) is 5.32 Å². The fraction of sp³-hybridized carbons (Fsp3) is 0.448. The molecule has 2 saturated heterocycles. The maximum absolute atomic E-state index is 14.3. The summed E-state index contributed by atoms with van der Waals surface area (Å²) in [6.07, 6.45) is 5.79. The number of aryl methyl sites for hydroxylation is 2. The van der Waals surface area contributed by atoms with Crippen LogP contribution in [0.15, 0.2) is 47.0 Å². The van der Waals surface area contributed by atoms with Crippen molar-refractivity contribution in [3.05, 3.63) is 70.7 Å². The molecule has 2 amide bonds. The molecular weight excluding hydrogens is 457 g/mol. The van der Waals surface area contributed by atoms with E-state index in [2.05, 4.69) is 29.5 Å². The smallest absolute Gasteiger partial charge is 0.322 e. The third-order valence-electron chi connectivity index (χ3n) is 8.01. The summed E-state index contributed by atoms with van der Waals surface area (Å²) >= 11 is 0. The molecule has 3 aliphatic rings. The van der Waals surface area contributed by atoms with E-state index in [1.54, 1.807) is 19.1 Å². The monoisotopic (exact) mass is 489 g/mol. The highest BCUT2D eigenvalue weighted by Gasteiger charge is 2.44. The minimum Gasteiger partial charge on any atom is -0.373 e. The zero-order valence-electron chi connectivity index (χ0n) is 20.8. The first-order valence-electron chi connectivity index (χ1n) is 13.0. The van der Waals surface area contributed by atoms with Crippen LogP contribution in [-0.4, -0.2) is 34.3 Å². The summed E-state index contributed by atoms with van der Waals surface area (Å²) in [6.45, 7) is 4.36. The molecule has 0 radical (unpaired) electrons. The van der Waals surface area contributed by atoms with E-state index in [1.807, 2.05) is 17.0 Å². The number of nitrogens with zero attached hydrogens (tertiary/aromatic N) is 2. The minimum absolute atomic E-state index is 0.0634. The average Bonchev–Trinajstić information content (AvgIpc) is 3.56. The Hall–Kier alpha value is -3.19. The number of aromatic nitrogens is 1. The number of carbonyl (C=O) groups excluding carboxylic acids is 1. The highest BCUT2D eigenvalue weighted by Crippen LogP contribution is 2.45. The summed E-state index contributed by atoms with van der Waals surface area (Å²) in [7, 11) is 0. The zero-order valence-corrected chi connectivity index (χ0v) is 20.8. The molecule has 6 rings (SSSR count). The van der Waals surface area contributed by atoms with Crippen molar-refractivity contribution in [3.8, 4) is 11.3 Å². The zero-order chi connectivity index (χ0) is 24.8. The van der Waals surface area contributed by atoms with Crippen LogP contribution in [0, 0.1) is 19.7 Å². The van der Waals surface area contributed by atoms with Crippen LogP contribution in [0.25, 0.3) is 11.3 Å². The average molecular weight is 490 g/mol. The Morgan fingerprint density at radius 3 is 2.47 bits per heavy atom. The highest BCUT2D eigenvalue weighted by molar-refractivity contribution is 5.91. The van der Waals surface area contributed by atoms with Gasteiger partial charge in [-0.25, -0.2) is 9.18 Å². The van der Waals surface area contributed by atoms with Gasteiger partial charge >= 0.3 is 6.03 Å². The number of anilines is 1. The van der Waals surface area contributed by atoms with E-state index in [4.69, 9.17) is 9.26 Å². The number of halogens is 1. The lowest BCUT2D eigenvalue weighted by atomic mass is 9.99. The Kier molecular flexibility index (Phi) is 6.04. The molecule has 188 valence electrons. The number of piperidine rings is 1. The number of para-hydroxylation sites is 1. The first kappa shape index (κ1) is 23.2. The summed E-state index contributed by atoms with van der Waals surface area (Å²) < 4.78 is 26.6. The Balaban J connectivity index is 1.15. The second-order valence-electron chi connectivity index (χ2n) is 10.5. The van der Waals surface area contributed by atoms with Crippen molar-refractivity contribution >= 4 is 11.7 Å². The van der Waals surface area contributed by atoms with E-state index in [0.29, 0.717) is 12.5 Å². The number of amides is 2. The van der Waals surface area contributed by atoms with E-state index < -0.39 is 5.82 Å². The number of urea groups is 1. The first-order chi connectivity index (χ1) is 17.5. The largest absolute Gasteiger partial charge is 0.373 e. The van der Waals surface area contributed by atoms with Gasteiger partial charge in [-0.1, -0.05) is 41.6 Å². The fourth-order valence-electron chi connectivity index (χ4n) is 5.94. The fourth-order valence-corrected chi connectivity index (χ4v) is 5.94. The summed E-state index contributed by atoms with van der Waals surface area (Å²) in [5, 5.41) is 7.28. The summed E-state index contributed by atoms with van der Waals surface area (Å²) in [4.78, 5) is 15.0. The molecule has 1 aromatic heterocycles. The molecule has 2 aromatic carbocycles. The van der Waals surface area contributed by atoms with Gasteiger partial charge < -0.3 is 19.5 Å². The minimum atomic E-state index is -0.404. The third kappa shape index (κ3) is 4.30. The number of rotatable bonds is 6. The number of benzene rings is 2. The number of hydrogen-bond acceptors (Lipinski definition) is 4. The molecule has 7 heteroatoms. The quantitative estimate of drug-likeness (QED) is 0.417.